The molecule has 0 spiro atoms. The lowest BCUT2D eigenvalue weighted by atomic mass is 9.94. The Morgan fingerprint density at radius 1 is 0.500 bits per heavy atom. The fraction of sp³-hybridized carbons (Fsp3) is 0.0909. The Hall–Kier alpha value is -3.80. The summed E-state index contributed by atoms with van der Waals surface area (Å²) in [6, 6.07) is 17.9. The summed E-state index contributed by atoms with van der Waals surface area (Å²) in [6.07, 6.45) is 0. The molecule has 0 bridgehead atoms. The van der Waals surface area contributed by atoms with Crippen LogP contribution in [0.25, 0.3) is 10.8 Å². The van der Waals surface area contributed by atoms with E-state index in [4.69, 9.17) is 0 Å². The number of amides is 4. The quantitative estimate of drug-likeness (QED) is 0.569. The van der Waals surface area contributed by atoms with Gasteiger partial charge in [0.25, 0.3) is 23.6 Å². The third-order valence-electron chi connectivity index (χ3n) is 4.97. The maximum absolute atomic E-state index is 11.9. The fourth-order valence-electron chi connectivity index (χ4n) is 3.46. The number of nitrogens with zero attached hydrogens (tertiary/aromatic N) is 2. The Bertz CT molecular complexity index is 1100. The average Bonchev–Trinajstić information content (AvgIpc) is 2.95. The summed E-state index contributed by atoms with van der Waals surface area (Å²) < 4.78 is 0. The van der Waals surface area contributed by atoms with E-state index in [0.717, 1.165) is 20.6 Å². The van der Waals surface area contributed by atoms with Crippen LogP contribution in [-0.4, -0.2) is 47.5 Å². The lowest BCUT2D eigenvalue weighted by Crippen LogP contribution is -2.36. The van der Waals surface area contributed by atoms with Crippen LogP contribution < -0.4 is 0 Å². The predicted molar refractivity (Wildman–Crippen MR) is 103 cm³/mol. The largest absolute Gasteiger partial charge is 0.277 e. The molecule has 0 radical (unpaired) electrons. The zero-order valence-corrected chi connectivity index (χ0v) is 15.3. The molecule has 138 valence electrons. The molecule has 3 aromatic rings. The van der Waals surface area contributed by atoms with Crippen molar-refractivity contribution >= 4 is 34.4 Å². The molecule has 0 aliphatic carbocycles. The topological polar surface area (TPSA) is 74.8 Å². The minimum Gasteiger partial charge on any atom is -0.277 e. The van der Waals surface area contributed by atoms with Gasteiger partial charge >= 0.3 is 0 Å². The van der Waals surface area contributed by atoms with Crippen molar-refractivity contribution < 1.29 is 19.2 Å². The van der Waals surface area contributed by atoms with Crippen molar-refractivity contribution in [3.05, 3.63) is 82.9 Å². The first kappa shape index (κ1) is 17.6. The average molecular weight is 372 g/mol. The van der Waals surface area contributed by atoms with Crippen molar-refractivity contribution in [2.24, 2.45) is 0 Å². The number of hydrogen-bond donors (Lipinski definition) is 0. The lowest BCUT2D eigenvalue weighted by molar-refractivity contribution is 0.0646. The van der Waals surface area contributed by atoms with E-state index in [2.05, 4.69) is 0 Å². The van der Waals surface area contributed by atoms with Crippen LogP contribution in [0.15, 0.2) is 60.7 Å². The van der Waals surface area contributed by atoms with Crippen molar-refractivity contribution in [3.63, 3.8) is 0 Å². The monoisotopic (exact) mass is 372 g/mol. The number of carbonyl (C=O) groups excluding carboxylic acids is 4. The van der Waals surface area contributed by atoms with Gasteiger partial charge in [-0.2, -0.15) is 0 Å². The van der Waals surface area contributed by atoms with Crippen LogP contribution in [0.1, 0.15) is 41.4 Å². The highest BCUT2D eigenvalue weighted by molar-refractivity contribution is 6.25. The van der Waals surface area contributed by atoms with Crippen LogP contribution in [0, 0.1) is 0 Å². The van der Waals surface area contributed by atoms with Gasteiger partial charge in [-0.3, -0.25) is 29.0 Å². The van der Waals surface area contributed by atoms with Gasteiger partial charge in [0, 0.05) is 30.6 Å². The van der Waals surface area contributed by atoms with Crippen LogP contribution in [0.3, 0.4) is 0 Å². The Morgan fingerprint density at radius 3 is 1.29 bits per heavy atom. The lowest BCUT2D eigenvalue weighted by Gasteiger charge is -2.23. The van der Waals surface area contributed by atoms with E-state index >= 15 is 0 Å². The van der Waals surface area contributed by atoms with Gasteiger partial charge < -0.3 is 0 Å². The number of benzene rings is 3. The van der Waals surface area contributed by atoms with Crippen molar-refractivity contribution in [1.29, 1.82) is 0 Å². The van der Waals surface area contributed by atoms with Gasteiger partial charge in [-0.15, -0.1) is 0 Å². The summed E-state index contributed by atoms with van der Waals surface area (Å²) in [6.45, 7) is 0. The van der Waals surface area contributed by atoms with Crippen LogP contribution in [0.5, 0.6) is 0 Å². The van der Waals surface area contributed by atoms with E-state index in [1.807, 2.05) is 24.3 Å². The Balaban J connectivity index is 0.000000143. The molecule has 6 nitrogen and oxygen atoms in total. The number of hydrogen-bond acceptors (Lipinski definition) is 4. The van der Waals surface area contributed by atoms with Crippen LogP contribution in [-0.2, 0) is 0 Å². The molecule has 0 fully saturated rings. The predicted octanol–water partition coefficient (Wildman–Crippen LogP) is 2.98. The highest BCUT2D eigenvalue weighted by atomic mass is 16.2. The normalized spacial score (nSPS) is 14.9. The van der Waals surface area contributed by atoms with Gasteiger partial charge in [-0.25, -0.2) is 0 Å². The second-order valence-electron chi connectivity index (χ2n) is 6.59. The standard InChI is InChI=1S/C13H9NO2.C9H7NO2/c1-14-12(15)9-6-2-4-8-5-3-7-10(11(8)9)13(14)16;1-10-8(11)6-4-2-3-5-7(6)9(10)12/h2-7H,1H3;2-5H,1H3. The zero-order chi connectivity index (χ0) is 20.0. The molecule has 28 heavy (non-hydrogen) atoms. The smallest absolute Gasteiger partial charge is 0.261 e. The second kappa shape index (κ2) is 6.42. The van der Waals surface area contributed by atoms with Crippen LogP contribution in [0.2, 0.25) is 0 Å². The molecule has 2 aliphatic heterocycles. The van der Waals surface area contributed by atoms with Crippen molar-refractivity contribution in [1.82, 2.24) is 9.80 Å². The number of imide groups is 2. The van der Waals surface area contributed by atoms with E-state index < -0.39 is 0 Å². The first-order chi connectivity index (χ1) is 13.4. The van der Waals surface area contributed by atoms with Crippen LogP contribution >= 0.6 is 0 Å². The number of carbonyl (C=O) groups is 4. The Kier molecular flexibility index (Phi) is 4.04. The van der Waals surface area contributed by atoms with Gasteiger partial charge in [-0.05, 0) is 29.7 Å². The van der Waals surface area contributed by atoms with Crippen molar-refractivity contribution in [3.8, 4) is 0 Å². The SMILES string of the molecule is CN1C(=O)c2cccc3cccc(c23)C1=O.CN1C(=O)c2ccccc2C1=O. The number of rotatable bonds is 0. The van der Waals surface area contributed by atoms with E-state index in [1.54, 1.807) is 36.4 Å². The summed E-state index contributed by atoms with van der Waals surface area (Å²) in [5, 5.41) is 1.71. The van der Waals surface area contributed by atoms with Crippen LogP contribution in [0.4, 0.5) is 0 Å². The third-order valence-corrected chi connectivity index (χ3v) is 4.97. The Morgan fingerprint density at radius 2 is 0.857 bits per heavy atom. The molecule has 0 N–H and O–H groups in total. The van der Waals surface area contributed by atoms with Gasteiger partial charge in [0.2, 0.25) is 0 Å². The van der Waals surface area contributed by atoms with Crippen molar-refractivity contribution in [2.45, 2.75) is 0 Å². The summed E-state index contributed by atoms with van der Waals surface area (Å²) in [5.41, 5.74) is 2.22. The fourth-order valence-corrected chi connectivity index (χ4v) is 3.46. The molecule has 0 aromatic heterocycles. The van der Waals surface area contributed by atoms with E-state index in [9.17, 15) is 19.2 Å². The molecule has 0 saturated heterocycles. The zero-order valence-electron chi connectivity index (χ0n) is 15.3. The van der Waals surface area contributed by atoms with Gasteiger partial charge in [0.1, 0.15) is 0 Å². The highest BCUT2D eigenvalue weighted by Gasteiger charge is 2.32. The Labute approximate surface area is 161 Å². The maximum atomic E-state index is 11.9. The summed E-state index contributed by atoms with van der Waals surface area (Å²) in [7, 11) is 3.00. The molecule has 3 aromatic carbocycles. The first-order valence-electron chi connectivity index (χ1n) is 8.67. The summed E-state index contributed by atoms with van der Waals surface area (Å²) >= 11 is 0. The van der Waals surface area contributed by atoms with E-state index in [0.29, 0.717) is 22.3 Å². The van der Waals surface area contributed by atoms with E-state index in [1.165, 1.54) is 14.1 Å². The van der Waals surface area contributed by atoms with Gasteiger partial charge in [0.05, 0.1) is 11.1 Å². The summed E-state index contributed by atoms with van der Waals surface area (Å²) in [4.78, 5) is 48.8. The molecule has 0 unspecified atom stereocenters. The molecule has 6 heteroatoms. The molecular formula is C22H16N2O4. The highest BCUT2D eigenvalue weighted by Crippen LogP contribution is 2.29. The van der Waals surface area contributed by atoms with Gasteiger partial charge in [0.15, 0.2) is 0 Å². The van der Waals surface area contributed by atoms with E-state index in [-0.39, 0.29) is 23.6 Å². The molecule has 4 amide bonds. The summed E-state index contributed by atoms with van der Waals surface area (Å²) in [5.74, 6) is -0.880. The minimum atomic E-state index is -0.228. The molecule has 0 atom stereocenters. The molecule has 5 rings (SSSR count). The molecule has 2 heterocycles. The molecule has 0 saturated carbocycles. The maximum Gasteiger partial charge on any atom is 0.261 e. The number of fused-ring (bicyclic) bond motifs is 1. The molecular weight excluding hydrogens is 356 g/mol. The molecule has 2 aliphatic rings. The minimum absolute atomic E-state index is 0.212. The first-order valence-corrected chi connectivity index (χ1v) is 8.67. The van der Waals surface area contributed by atoms with Gasteiger partial charge in [-0.1, -0.05) is 36.4 Å². The third kappa shape index (κ3) is 2.50. The second-order valence-corrected chi connectivity index (χ2v) is 6.59. The van der Waals surface area contributed by atoms with Crippen molar-refractivity contribution in [2.75, 3.05) is 14.1 Å².